The molecule has 2 aromatic rings. The molecule has 0 aliphatic rings. The van der Waals surface area contributed by atoms with E-state index in [9.17, 15) is 13.6 Å². The average molecular weight is 391 g/mol. The van der Waals surface area contributed by atoms with Crippen LogP contribution in [0.1, 0.15) is 10.4 Å². The zero-order valence-corrected chi connectivity index (χ0v) is 12.6. The molecule has 0 atom stereocenters. The lowest BCUT2D eigenvalue weighted by molar-refractivity contribution is 0.102. The lowest BCUT2D eigenvalue weighted by Crippen LogP contribution is -2.12. The van der Waals surface area contributed by atoms with Gasteiger partial charge in [-0.3, -0.25) is 4.79 Å². The Morgan fingerprint density at radius 2 is 1.74 bits per heavy atom. The van der Waals surface area contributed by atoms with Gasteiger partial charge in [0.15, 0.2) is 0 Å². The van der Waals surface area contributed by atoms with E-state index >= 15 is 0 Å². The van der Waals surface area contributed by atoms with Gasteiger partial charge in [0.1, 0.15) is 11.6 Å². The highest BCUT2D eigenvalue weighted by Gasteiger charge is 2.10. The van der Waals surface area contributed by atoms with Crippen LogP contribution >= 0.6 is 31.9 Å². The van der Waals surface area contributed by atoms with Gasteiger partial charge in [-0.1, -0.05) is 15.9 Å². The summed E-state index contributed by atoms with van der Waals surface area (Å²) in [5.41, 5.74) is 0.579. The fraction of sp³-hybridized carbons (Fsp3) is 0. The van der Waals surface area contributed by atoms with Crippen molar-refractivity contribution in [1.82, 2.24) is 0 Å². The first-order chi connectivity index (χ1) is 8.95. The van der Waals surface area contributed by atoms with Crippen molar-refractivity contribution in [3.8, 4) is 0 Å². The maximum Gasteiger partial charge on any atom is 0.255 e. The Balaban J connectivity index is 2.25. The minimum Gasteiger partial charge on any atom is -0.321 e. The predicted molar refractivity (Wildman–Crippen MR) is 76.2 cm³/mol. The van der Waals surface area contributed by atoms with Gasteiger partial charge < -0.3 is 5.32 Å². The Morgan fingerprint density at radius 1 is 1.00 bits per heavy atom. The van der Waals surface area contributed by atoms with E-state index in [2.05, 4.69) is 37.2 Å². The maximum absolute atomic E-state index is 13.2. The molecule has 19 heavy (non-hydrogen) atoms. The Morgan fingerprint density at radius 3 is 2.37 bits per heavy atom. The van der Waals surface area contributed by atoms with E-state index in [1.165, 1.54) is 30.3 Å². The highest BCUT2D eigenvalue weighted by Crippen LogP contribution is 2.24. The number of carbonyl (C=O) groups excluding carboxylic acids is 1. The van der Waals surface area contributed by atoms with Crippen LogP contribution in [-0.2, 0) is 0 Å². The molecule has 2 aromatic carbocycles. The van der Waals surface area contributed by atoms with Crippen molar-refractivity contribution in [1.29, 1.82) is 0 Å². The fourth-order valence-corrected chi connectivity index (χ4v) is 2.39. The molecule has 1 amide bonds. The summed E-state index contributed by atoms with van der Waals surface area (Å²) in [6, 6.07) is 7.75. The van der Waals surface area contributed by atoms with Crippen LogP contribution in [0.2, 0.25) is 0 Å². The summed E-state index contributed by atoms with van der Waals surface area (Å²) < 4.78 is 27.0. The van der Waals surface area contributed by atoms with Gasteiger partial charge in [-0.25, -0.2) is 8.78 Å². The van der Waals surface area contributed by atoms with E-state index in [1.807, 2.05) is 0 Å². The number of nitrogens with one attached hydrogen (secondary N) is 1. The molecule has 0 bridgehead atoms. The van der Waals surface area contributed by atoms with E-state index in [1.54, 1.807) is 0 Å². The SMILES string of the molecule is O=C(Nc1ccc(F)cc1Br)c1cc(F)cc(Br)c1. The number of anilines is 1. The van der Waals surface area contributed by atoms with Gasteiger partial charge in [-0.05, 0) is 52.3 Å². The third-order valence-electron chi connectivity index (χ3n) is 2.30. The van der Waals surface area contributed by atoms with Crippen molar-refractivity contribution in [2.24, 2.45) is 0 Å². The summed E-state index contributed by atoms with van der Waals surface area (Å²) >= 11 is 6.25. The molecule has 0 aliphatic heterocycles. The van der Waals surface area contributed by atoms with Crippen LogP contribution in [0.5, 0.6) is 0 Å². The second-order valence-electron chi connectivity index (χ2n) is 3.74. The molecule has 0 aliphatic carbocycles. The minimum absolute atomic E-state index is 0.170. The number of hydrogen-bond donors (Lipinski definition) is 1. The van der Waals surface area contributed by atoms with Crippen molar-refractivity contribution >= 4 is 43.5 Å². The van der Waals surface area contributed by atoms with E-state index in [-0.39, 0.29) is 5.56 Å². The highest BCUT2D eigenvalue weighted by molar-refractivity contribution is 9.10. The van der Waals surface area contributed by atoms with Gasteiger partial charge in [-0.2, -0.15) is 0 Å². The molecule has 6 heteroatoms. The molecule has 0 saturated carbocycles. The van der Waals surface area contributed by atoms with E-state index < -0.39 is 17.5 Å². The van der Waals surface area contributed by atoms with E-state index in [0.717, 1.165) is 6.07 Å². The van der Waals surface area contributed by atoms with Crippen LogP contribution in [0.15, 0.2) is 45.3 Å². The van der Waals surface area contributed by atoms with Crippen molar-refractivity contribution in [2.75, 3.05) is 5.32 Å². The molecule has 1 N–H and O–H groups in total. The highest BCUT2D eigenvalue weighted by atomic mass is 79.9. The molecule has 0 spiro atoms. The summed E-state index contributed by atoms with van der Waals surface area (Å²) in [6.45, 7) is 0. The van der Waals surface area contributed by atoms with Gasteiger partial charge in [-0.15, -0.1) is 0 Å². The topological polar surface area (TPSA) is 29.1 Å². The molecule has 0 aromatic heterocycles. The largest absolute Gasteiger partial charge is 0.321 e. The van der Waals surface area contributed by atoms with Gasteiger partial charge in [0.2, 0.25) is 0 Å². The van der Waals surface area contributed by atoms with Crippen LogP contribution < -0.4 is 5.32 Å². The standard InChI is InChI=1S/C13H7Br2F2NO/c14-8-3-7(4-10(17)5-8)13(19)18-12-2-1-9(16)6-11(12)15/h1-6H,(H,18,19). The Hall–Kier alpha value is -1.27. The molecule has 0 unspecified atom stereocenters. The Labute approximate surface area is 125 Å². The third-order valence-corrected chi connectivity index (χ3v) is 3.42. The number of amides is 1. The van der Waals surface area contributed by atoms with Gasteiger partial charge in [0.25, 0.3) is 5.91 Å². The quantitative estimate of drug-likeness (QED) is 0.788. The van der Waals surface area contributed by atoms with Crippen LogP contribution in [-0.4, -0.2) is 5.91 Å². The van der Waals surface area contributed by atoms with Crippen molar-refractivity contribution in [3.05, 3.63) is 62.5 Å². The smallest absolute Gasteiger partial charge is 0.255 e. The number of halogens is 4. The Kier molecular flexibility index (Phi) is 4.31. The summed E-state index contributed by atoms with van der Waals surface area (Å²) in [5.74, 6) is -1.41. The zero-order valence-electron chi connectivity index (χ0n) is 9.38. The minimum atomic E-state index is -0.516. The molecular weight excluding hydrogens is 384 g/mol. The second kappa shape index (κ2) is 5.79. The molecule has 0 radical (unpaired) electrons. The summed E-state index contributed by atoms with van der Waals surface area (Å²) in [5, 5.41) is 2.57. The molecule has 0 saturated heterocycles. The van der Waals surface area contributed by atoms with Crippen molar-refractivity contribution in [3.63, 3.8) is 0 Å². The summed E-state index contributed by atoms with van der Waals surface area (Å²) in [4.78, 5) is 11.9. The number of hydrogen-bond acceptors (Lipinski definition) is 1. The number of rotatable bonds is 2. The average Bonchev–Trinajstić information content (AvgIpc) is 2.31. The predicted octanol–water partition coefficient (Wildman–Crippen LogP) is 4.74. The molecule has 2 nitrogen and oxygen atoms in total. The van der Waals surface area contributed by atoms with Gasteiger partial charge >= 0.3 is 0 Å². The molecular formula is C13H7Br2F2NO. The summed E-state index contributed by atoms with van der Waals surface area (Å²) in [6.07, 6.45) is 0. The monoisotopic (exact) mass is 389 g/mol. The lowest BCUT2D eigenvalue weighted by Gasteiger charge is -2.08. The molecule has 2 rings (SSSR count). The van der Waals surface area contributed by atoms with Crippen LogP contribution in [0, 0.1) is 11.6 Å². The molecule has 0 heterocycles. The van der Waals surface area contributed by atoms with Crippen LogP contribution in [0.3, 0.4) is 0 Å². The normalized spacial score (nSPS) is 10.3. The van der Waals surface area contributed by atoms with Crippen LogP contribution in [0.4, 0.5) is 14.5 Å². The second-order valence-corrected chi connectivity index (χ2v) is 5.51. The lowest BCUT2D eigenvalue weighted by atomic mass is 10.2. The summed E-state index contributed by atoms with van der Waals surface area (Å²) in [7, 11) is 0. The maximum atomic E-state index is 13.2. The van der Waals surface area contributed by atoms with E-state index in [0.29, 0.717) is 14.6 Å². The van der Waals surface area contributed by atoms with Crippen LogP contribution in [0.25, 0.3) is 0 Å². The first-order valence-corrected chi connectivity index (χ1v) is 6.77. The van der Waals surface area contributed by atoms with Crippen molar-refractivity contribution < 1.29 is 13.6 Å². The van der Waals surface area contributed by atoms with Gasteiger partial charge in [0.05, 0.1) is 5.69 Å². The van der Waals surface area contributed by atoms with Crippen molar-refractivity contribution in [2.45, 2.75) is 0 Å². The fourth-order valence-electron chi connectivity index (χ4n) is 1.47. The first kappa shape index (κ1) is 14.1. The molecule has 98 valence electrons. The Bertz CT molecular complexity index is 626. The molecule has 0 fully saturated rings. The number of carbonyl (C=O) groups is 1. The number of benzene rings is 2. The van der Waals surface area contributed by atoms with E-state index in [4.69, 9.17) is 0 Å². The third kappa shape index (κ3) is 3.61. The first-order valence-electron chi connectivity index (χ1n) is 5.18. The van der Waals surface area contributed by atoms with Gasteiger partial charge in [0, 0.05) is 14.5 Å². The zero-order chi connectivity index (χ0) is 14.0.